The third-order valence-corrected chi connectivity index (χ3v) is 4.30. The summed E-state index contributed by atoms with van der Waals surface area (Å²) >= 11 is 0. The number of carbonyl (C=O) groups is 2. The van der Waals surface area contributed by atoms with Crippen molar-refractivity contribution >= 4 is 17.5 Å². The van der Waals surface area contributed by atoms with Gasteiger partial charge in [0.05, 0.1) is 17.8 Å². The van der Waals surface area contributed by atoms with E-state index in [9.17, 15) is 19.1 Å². The Morgan fingerprint density at radius 2 is 2.04 bits per heavy atom. The van der Waals surface area contributed by atoms with Crippen molar-refractivity contribution < 1.29 is 19.1 Å². The Bertz CT molecular complexity index is 629. The average molecular weight is 336 g/mol. The Kier molecular flexibility index (Phi) is 5.59. The molecule has 0 aromatic heterocycles. The molecule has 1 fully saturated rings. The molecule has 0 aliphatic heterocycles. The molecule has 0 bridgehead atoms. The van der Waals surface area contributed by atoms with E-state index in [0.717, 1.165) is 18.9 Å². The van der Waals surface area contributed by atoms with Crippen LogP contribution in [-0.2, 0) is 4.79 Å². The first kappa shape index (κ1) is 18.4. The van der Waals surface area contributed by atoms with Crippen molar-refractivity contribution in [3.05, 3.63) is 29.6 Å². The summed E-state index contributed by atoms with van der Waals surface area (Å²) in [6.45, 7) is 5.44. The minimum absolute atomic E-state index is 0.0595. The molecule has 3 N–H and O–H groups in total. The van der Waals surface area contributed by atoms with Crippen molar-refractivity contribution in [2.45, 2.75) is 45.6 Å². The zero-order valence-electron chi connectivity index (χ0n) is 14.4. The number of carbonyl (C=O) groups excluding carboxylic acids is 2. The van der Waals surface area contributed by atoms with Crippen molar-refractivity contribution in [3.8, 4) is 0 Å². The zero-order chi connectivity index (χ0) is 17.9. The monoisotopic (exact) mass is 336 g/mol. The predicted molar refractivity (Wildman–Crippen MR) is 90.2 cm³/mol. The third kappa shape index (κ3) is 4.54. The molecule has 0 heterocycles. The van der Waals surface area contributed by atoms with Gasteiger partial charge in [-0.25, -0.2) is 4.39 Å². The number of hydrogen-bond acceptors (Lipinski definition) is 3. The van der Waals surface area contributed by atoms with E-state index in [2.05, 4.69) is 10.6 Å². The van der Waals surface area contributed by atoms with Crippen LogP contribution < -0.4 is 10.6 Å². The lowest BCUT2D eigenvalue weighted by Crippen LogP contribution is -2.50. The largest absolute Gasteiger partial charge is 0.394 e. The van der Waals surface area contributed by atoms with Crippen molar-refractivity contribution in [1.29, 1.82) is 0 Å². The fourth-order valence-electron chi connectivity index (χ4n) is 2.65. The molecule has 1 unspecified atom stereocenters. The molecule has 1 saturated carbocycles. The Hall–Kier alpha value is -1.95. The summed E-state index contributed by atoms with van der Waals surface area (Å²) < 4.78 is 14.1. The number of rotatable bonds is 7. The minimum Gasteiger partial charge on any atom is -0.394 e. The third-order valence-electron chi connectivity index (χ3n) is 4.30. The topological polar surface area (TPSA) is 78.4 Å². The highest BCUT2D eigenvalue weighted by molar-refractivity contribution is 5.96. The van der Waals surface area contributed by atoms with Crippen LogP contribution in [0.5, 0.6) is 0 Å². The second-order valence-corrected chi connectivity index (χ2v) is 7.14. The van der Waals surface area contributed by atoms with Gasteiger partial charge in [0, 0.05) is 12.0 Å². The van der Waals surface area contributed by atoms with Gasteiger partial charge in [0.15, 0.2) is 0 Å². The molecule has 1 atom stereocenters. The number of benzene rings is 1. The van der Waals surface area contributed by atoms with E-state index in [1.54, 1.807) is 6.92 Å². The maximum atomic E-state index is 14.1. The molecule has 0 spiro atoms. The second-order valence-electron chi connectivity index (χ2n) is 7.14. The SMILES string of the molecule is CC(C)CC(=O)Nc1ccc(C(=O)NC(C)(CO)C2CC2)cc1F. The van der Waals surface area contributed by atoms with E-state index in [1.807, 2.05) is 13.8 Å². The van der Waals surface area contributed by atoms with Gasteiger partial charge in [-0.15, -0.1) is 0 Å². The van der Waals surface area contributed by atoms with Gasteiger partial charge in [0.2, 0.25) is 5.91 Å². The van der Waals surface area contributed by atoms with E-state index in [-0.39, 0.29) is 35.6 Å². The van der Waals surface area contributed by atoms with Crippen molar-refractivity contribution in [3.63, 3.8) is 0 Å². The van der Waals surface area contributed by atoms with Crippen LogP contribution in [0.1, 0.15) is 50.4 Å². The Morgan fingerprint density at radius 3 is 2.54 bits per heavy atom. The number of aliphatic hydroxyl groups excluding tert-OH is 1. The van der Waals surface area contributed by atoms with Crippen LogP contribution in [0.15, 0.2) is 18.2 Å². The van der Waals surface area contributed by atoms with Crippen molar-refractivity contribution in [2.24, 2.45) is 11.8 Å². The van der Waals surface area contributed by atoms with E-state index < -0.39 is 17.3 Å². The summed E-state index contributed by atoms with van der Waals surface area (Å²) in [6, 6.07) is 3.95. The van der Waals surface area contributed by atoms with E-state index in [0.29, 0.717) is 6.42 Å². The normalized spacial score (nSPS) is 16.6. The Morgan fingerprint density at radius 1 is 1.38 bits per heavy atom. The van der Waals surface area contributed by atoms with Crippen molar-refractivity contribution in [1.82, 2.24) is 5.32 Å². The van der Waals surface area contributed by atoms with E-state index >= 15 is 0 Å². The van der Waals surface area contributed by atoms with Gasteiger partial charge < -0.3 is 15.7 Å². The highest BCUT2D eigenvalue weighted by Gasteiger charge is 2.42. The number of nitrogens with one attached hydrogen (secondary N) is 2. The Balaban J connectivity index is 2.05. The summed E-state index contributed by atoms with van der Waals surface area (Å²) in [7, 11) is 0. The molecule has 0 radical (unpaired) electrons. The standard InChI is InChI=1S/C18H25FN2O3/c1-11(2)8-16(23)20-15-7-4-12(9-14(15)19)17(24)21-18(3,10-22)13-5-6-13/h4,7,9,11,13,22H,5-6,8,10H2,1-3H3,(H,20,23)(H,21,24). The van der Waals surface area contributed by atoms with Gasteiger partial charge in [0.1, 0.15) is 5.82 Å². The van der Waals surface area contributed by atoms with E-state index in [1.165, 1.54) is 12.1 Å². The summed E-state index contributed by atoms with van der Waals surface area (Å²) in [6.07, 6.45) is 2.23. The molecular weight excluding hydrogens is 311 g/mol. The molecule has 5 nitrogen and oxygen atoms in total. The van der Waals surface area contributed by atoms with Crippen LogP contribution in [0, 0.1) is 17.7 Å². The van der Waals surface area contributed by atoms with Crippen LogP contribution in [-0.4, -0.2) is 29.1 Å². The second kappa shape index (κ2) is 7.30. The zero-order valence-corrected chi connectivity index (χ0v) is 14.4. The van der Waals surface area contributed by atoms with Crippen LogP contribution in [0.4, 0.5) is 10.1 Å². The number of hydrogen-bond donors (Lipinski definition) is 3. The molecule has 132 valence electrons. The minimum atomic E-state index is -0.683. The lowest BCUT2D eigenvalue weighted by Gasteiger charge is -2.28. The van der Waals surface area contributed by atoms with Gasteiger partial charge in [-0.05, 0) is 49.8 Å². The molecule has 0 saturated heterocycles. The smallest absolute Gasteiger partial charge is 0.251 e. The predicted octanol–water partition coefficient (Wildman–Crippen LogP) is 2.70. The van der Waals surface area contributed by atoms with Gasteiger partial charge in [-0.1, -0.05) is 13.8 Å². The Labute approximate surface area is 141 Å². The number of amides is 2. The molecule has 2 rings (SSSR count). The van der Waals surface area contributed by atoms with Gasteiger partial charge in [-0.3, -0.25) is 9.59 Å². The van der Waals surface area contributed by atoms with Crippen LogP contribution in [0.2, 0.25) is 0 Å². The maximum absolute atomic E-state index is 14.1. The molecule has 24 heavy (non-hydrogen) atoms. The summed E-state index contributed by atoms with van der Waals surface area (Å²) in [5.74, 6) is -0.917. The molecule has 1 aromatic rings. The molecule has 2 amide bonds. The first-order valence-electron chi connectivity index (χ1n) is 8.28. The molecule has 1 aliphatic rings. The van der Waals surface area contributed by atoms with Gasteiger partial charge >= 0.3 is 0 Å². The highest BCUT2D eigenvalue weighted by Crippen LogP contribution is 2.39. The highest BCUT2D eigenvalue weighted by atomic mass is 19.1. The maximum Gasteiger partial charge on any atom is 0.251 e. The average Bonchev–Trinajstić information content (AvgIpc) is 3.33. The summed E-state index contributed by atoms with van der Waals surface area (Å²) in [4.78, 5) is 24.0. The molecular formula is C18H25FN2O3. The molecule has 1 aromatic carbocycles. The lowest BCUT2D eigenvalue weighted by atomic mass is 9.96. The van der Waals surface area contributed by atoms with Gasteiger partial charge in [0.25, 0.3) is 5.91 Å². The van der Waals surface area contributed by atoms with Crippen molar-refractivity contribution in [2.75, 3.05) is 11.9 Å². The molecule has 6 heteroatoms. The van der Waals surface area contributed by atoms with E-state index in [4.69, 9.17) is 0 Å². The fourth-order valence-corrected chi connectivity index (χ4v) is 2.65. The first-order valence-corrected chi connectivity index (χ1v) is 8.28. The van der Waals surface area contributed by atoms with Crippen LogP contribution in [0.25, 0.3) is 0 Å². The van der Waals surface area contributed by atoms with Crippen LogP contribution in [0.3, 0.4) is 0 Å². The number of aliphatic hydroxyl groups is 1. The summed E-state index contributed by atoms with van der Waals surface area (Å²) in [5.41, 5.74) is -0.462. The van der Waals surface area contributed by atoms with Crippen LogP contribution >= 0.6 is 0 Å². The lowest BCUT2D eigenvalue weighted by molar-refractivity contribution is -0.116. The fraction of sp³-hybridized carbons (Fsp3) is 0.556. The first-order chi connectivity index (χ1) is 11.2. The number of anilines is 1. The quantitative estimate of drug-likeness (QED) is 0.716. The van der Waals surface area contributed by atoms with Gasteiger partial charge in [-0.2, -0.15) is 0 Å². The molecule has 1 aliphatic carbocycles. The summed E-state index contributed by atoms with van der Waals surface area (Å²) in [5, 5.41) is 14.8. The number of halogens is 1.